The molecule has 0 N–H and O–H groups in total. The van der Waals surface area contributed by atoms with Crippen LogP contribution in [0.5, 0.6) is 0 Å². The zero-order valence-electron chi connectivity index (χ0n) is 8.28. The molecule has 0 spiro atoms. The lowest BCUT2D eigenvalue weighted by atomic mass is 10.2. The molecule has 0 fully saturated rings. The second-order valence-corrected chi connectivity index (χ2v) is 2.76. The number of carbonyl (C=O) groups excluding carboxylic acids is 1. The van der Waals surface area contributed by atoms with E-state index in [4.69, 9.17) is 0 Å². The van der Waals surface area contributed by atoms with E-state index in [0.29, 0.717) is 0 Å². The number of aldehydes is 1. The molecule has 0 aliphatic heterocycles. The number of carbonyl (C=O) groups is 1. The predicted octanol–water partition coefficient (Wildman–Crippen LogP) is 3.43. The lowest BCUT2D eigenvalue weighted by molar-refractivity contribution is -0.104. The van der Waals surface area contributed by atoms with E-state index in [0.717, 1.165) is 32.0 Å². The van der Waals surface area contributed by atoms with Crippen LogP contribution in [-0.4, -0.2) is 6.29 Å². The van der Waals surface area contributed by atoms with Crippen LogP contribution >= 0.6 is 0 Å². The minimum atomic E-state index is 0.819. The molecule has 0 atom stereocenters. The van der Waals surface area contributed by atoms with Crippen LogP contribution in [0.2, 0.25) is 0 Å². The maximum atomic E-state index is 9.90. The van der Waals surface area contributed by atoms with Gasteiger partial charge in [0, 0.05) is 0 Å². The van der Waals surface area contributed by atoms with Crippen LogP contribution in [0, 0.1) is 0 Å². The van der Waals surface area contributed by atoms with Crippen molar-refractivity contribution in [3.63, 3.8) is 0 Å². The molecule has 0 radical (unpaired) electrons. The summed E-state index contributed by atoms with van der Waals surface area (Å²) >= 11 is 0. The Labute approximate surface area is 80.8 Å². The van der Waals surface area contributed by atoms with Gasteiger partial charge in [0.15, 0.2) is 0 Å². The molecular formula is C12H18O. The van der Waals surface area contributed by atoms with Crippen LogP contribution < -0.4 is 0 Å². The number of hydrogen-bond acceptors (Lipinski definition) is 1. The highest BCUT2D eigenvalue weighted by molar-refractivity contribution is 5.64. The van der Waals surface area contributed by atoms with Gasteiger partial charge in [-0.1, -0.05) is 37.3 Å². The van der Waals surface area contributed by atoms with Gasteiger partial charge in [-0.15, -0.1) is 0 Å². The van der Waals surface area contributed by atoms with Gasteiger partial charge in [-0.25, -0.2) is 0 Å². The standard InChI is InChI=1S/C12H18O/c1-2-3-4-5-6-7-8-9-10-11-12-13/h3-6,10-12H,2,7-9H2,1H3/b4-3-,6-5+,11-10+. The van der Waals surface area contributed by atoms with Crippen molar-refractivity contribution in [1.82, 2.24) is 0 Å². The highest BCUT2D eigenvalue weighted by Gasteiger charge is 1.78. The number of unbranched alkanes of at least 4 members (excludes halogenated alkanes) is 2. The summed E-state index contributed by atoms with van der Waals surface area (Å²) in [5.41, 5.74) is 0. The first-order valence-corrected chi connectivity index (χ1v) is 4.83. The lowest BCUT2D eigenvalue weighted by Gasteiger charge is -1.87. The molecule has 1 nitrogen and oxygen atoms in total. The van der Waals surface area contributed by atoms with Gasteiger partial charge in [-0.2, -0.15) is 0 Å². The molecule has 72 valence electrons. The van der Waals surface area contributed by atoms with Gasteiger partial charge >= 0.3 is 0 Å². The van der Waals surface area contributed by atoms with Gasteiger partial charge < -0.3 is 0 Å². The molecule has 0 unspecified atom stereocenters. The molecule has 0 aliphatic carbocycles. The third-order valence-corrected chi connectivity index (χ3v) is 1.58. The molecule has 0 bridgehead atoms. The number of hydrogen-bond donors (Lipinski definition) is 0. The summed E-state index contributed by atoms with van der Waals surface area (Å²) < 4.78 is 0. The quantitative estimate of drug-likeness (QED) is 0.252. The third kappa shape index (κ3) is 10.9. The van der Waals surface area contributed by atoms with Gasteiger partial charge in [-0.05, 0) is 31.8 Å². The topological polar surface area (TPSA) is 17.1 Å². The van der Waals surface area contributed by atoms with Gasteiger partial charge in [-0.3, -0.25) is 4.79 Å². The van der Waals surface area contributed by atoms with E-state index in [1.54, 1.807) is 6.08 Å². The second kappa shape index (κ2) is 10.9. The number of allylic oxidation sites excluding steroid dienone is 6. The van der Waals surface area contributed by atoms with E-state index in [1.807, 2.05) is 6.08 Å². The Balaban J connectivity index is 3.24. The molecule has 0 saturated heterocycles. The van der Waals surface area contributed by atoms with E-state index in [-0.39, 0.29) is 0 Å². The fraction of sp³-hybridized carbons (Fsp3) is 0.417. The predicted molar refractivity (Wildman–Crippen MR) is 57.6 cm³/mol. The highest BCUT2D eigenvalue weighted by atomic mass is 16.1. The Hall–Kier alpha value is -1.11. The fourth-order valence-electron chi connectivity index (χ4n) is 0.895. The van der Waals surface area contributed by atoms with Crippen molar-refractivity contribution < 1.29 is 4.79 Å². The highest BCUT2D eigenvalue weighted by Crippen LogP contribution is 1.97. The SMILES string of the molecule is CC/C=C\C=C\CCC/C=C/C=O. The van der Waals surface area contributed by atoms with Crippen molar-refractivity contribution in [1.29, 1.82) is 0 Å². The van der Waals surface area contributed by atoms with Crippen molar-refractivity contribution >= 4 is 6.29 Å². The van der Waals surface area contributed by atoms with E-state index in [2.05, 4.69) is 31.2 Å². The van der Waals surface area contributed by atoms with Crippen molar-refractivity contribution in [2.75, 3.05) is 0 Å². The maximum Gasteiger partial charge on any atom is 0.142 e. The Morgan fingerprint density at radius 1 is 0.923 bits per heavy atom. The van der Waals surface area contributed by atoms with Crippen molar-refractivity contribution in [2.45, 2.75) is 32.6 Å². The minimum Gasteiger partial charge on any atom is -0.299 e. The lowest BCUT2D eigenvalue weighted by Crippen LogP contribution is -1.69. The molecule has 0 aliphatic rings. The molecular weight excluding hydrogens is 160 g/mol. The number of rotatable bonds is 7. The summed E-state index contributed by atoms with van der Waals surface area (Å²) in [7, 11) is 0. The van der Waals surface area contributed by atoms with Crippen molar-refractivity contribution in [3.8, 4) is 0 Å². The molecule has 0 aromatic heterocycles. The van der Waals surface area contributed by atoms with Gasteiger partial charge in [0.25, 0.3) is 0 Å². The van der Waals surface area contributed by atoms with Crippen LogP contribution in [0.4, 0.5) is 0 Å². The molecule has 0 saturated carbocycles. The van der Waals surface area contributed by atoms with Crippen LogP contribution in [-0.2, 0) is 4.79 Å². The van der Waals surface area contributed by atoms with Gasteiger partial charge in [0.2, 0.25) is 0 Å². The summed E-state index contributed by atoms with van der Waals surface area (Å²) in [6, 6.07) is 0. The minimum absolute atomic E-state index is 0.819. The smallest absolute Gasteiger partial charge is 0.142 e. The van der Waals surface area contributed by atoms with Crippen molar-refractivity contribution in [3.05, 3.63) is 36.5 Å². The van der Waals surface area contributed by atoms with Crippen molar-refractivity contribution in [2.24, 2.45) is 0 Å². The summed E-state index contributed by atoms with van der Waals surface area (Å²) in [5, 5.41) is 0. The summed E-state index contributed by atoms with van der Waals surface area (Å²) in [6.45, 7) is 2.12. The fourth-order valence-corrected chi connectivity index (χ4v) is 0.895. The molecule has 0 rings (SSSR count). The molecule has 0 aromatic carbocycles. The zero-order valence-corrected chi connectivity index (χ0v) is 8.28. The van der Waals surface area contributed by atoms with Gasteiger partial charge in [0.1, 0.15) is 6.29 Å². The third-order valence-electron chi connectivity index (χ3n) is 1.58. The first-order chi connectivity index (χ1) is 6.41. The molecule has 0 aromatic rings. The first-order valence-electron chi connectivity index (χ1n) is 4.83. The zero-order chi connectivity index (χ0) is 9.78. The normalized spacial score (nSPS) is 12.1. The Kier molecular flexibility index (Phi) is 9.96. The Morgan fingerprint density at radius 2 is 1.54 bits per heavy atom. The molecule has 0 heterocycles. The van der Waals surface area contributed by atoms with Crippen LogP contribution in [0.1, 0.15) is 32.6 Å². The van der Waals surface area contributed by atoms with Crippen LogP contribution in [0.15, 0.2) is 36.5 Å². The Morgan fingerprint density at radius 3 is 2.15 bits per heavy atom. The average Bonchev–Trinajstić information content (AvgIpc) is 2.16. The summed E-state index contributed by atoms with van der Waals surface area (Å²) in [5.74, 6) is 0. The van der Waals surface area contributed by atoms with Crippen LogP contribution in [0.25, 0.3) is 0 Å². The van der Waals surface area contributed by atoms with E-state index in [1.165, 1.54) is 0 Å². The van der Waals surface area contributed by atoms with Gasteiger partial charge in [0.05, 0.1) is 0 Å². The van der Waals surface area contributed by atoms with E-state index >= 15 is 0 Å². The molecule has 13 heavy (non-hydrogen) atoms. The maximum absolute atomic E-state index is 9.90. The first kappa shape index (κ1) is 11.9. The monoisotopic (exact) mass is 178 g/mol. The van der Waals surface area contributed by atoms with Crippen LogP contribution in [0.3, 0.4) is 0 Å². The molecule has 1 heteroatoms. The summed E-state index contributed by atoms with van der Waals surface area (Å²) in [4.78, 5) is 9.90. The largest absolute Gasteiger partial charge is 0.299 e. The Bertz CT molecular complexity index is 187. The van der Waals surface area contributed by atoms with E-state index in [9.17, 15) is 4.79 Å². The van der Waals surface area contributed by atoms with E-state index < -0.39 is 0 Å². The molecule has 0 amide bonds. The average molecular weight is 178 g/mol. The summed E-state index contributed by atoms with van der Waals surface area (Å²) in [6.07, 6.45) is 17.0. The second-order valence-electron chi connectivity index (χ2n) is 2.76.